The first kappa shape index (κ1) is 11.8. The van der Waals surface area contributed by atoms with Crippen molar-refractivity contribution in [1.29, 1.82) is 0 Å². The van der Waals surface area contributed by atoms with E-state index < -0.39 is 0 Å². The lowest BCUT2D eigenvalue weighted by atomic mass is 10.2. The Kier molecular flexibility index (Phi) is 3.20. The quantitative estimate of drug-likeness (QED) is 0.787. The maximum absolute atomic E-state index is 4.25. The molecule has 0 radical (unpaired) electrons. The molecule has 6 nitrogen and oxygen atoms in total. The molecule has 1 aromatic carbocycles. The Labute approximate surface area is 114 Å². The monoisotopic (exact) mass is 272 g/mol. The van der Waals surface area contributed by atoms with Crippen molar-refractivity contribution < 1.29 is 0 Å². The number of hydrogen-bond acceptors (Lipinski definition) is 6. The molecule has 0 amide bonds. The molecule has 2 aromatic heterocycles. The van der Waals surface area contributed by atoms with Crippen LogP contribution in [0.2, 0.25) is 0 Å². The molecular weight excluding hydrogens is 260 g/mol. The molecule has 7 heteroatoms. The van der Waals surface area contributed by atoms with Crippen LogP contribution >= 0.6 is 11.3 Å². The predicted molar refractivity (Wildman–Crippen MR) is 73.3 cm³/mol. The van der Waals surface area contributed by atoms with E-state index >= 15 is 0 Å². The Bertz CT molecular complexity index is 647. The number of thiazole rings is 1. The second-order valence-electron chi connectivity index (χ2n) is 4.03. The molecule has 0 aliphatic rings. The minimum absolute atomic E-state index is 0.720. The summed E-state index contributed by atoms with van der Waals surface area (Å²) in [6.07, 6.45) is 3.39. The van der Waals surface area contributed by atoms with Crippen LogP contribution in [0.15, 0.2) is 36.1 Å². The van der Waals surface area contributed by atoms with Gasteiger partial charge in [-0.25, -0.2) is 9.67 Å². The number of nitrogens with one attached hydrogen (secondary N) is 1. The van der Waals surface area contributed by atoms with Gasteiger partial charge in [0.05, 0.1) is 12.2 Å². The highest BCUT2D eigenvalue weighted by atomic mass is 32.1. The fraction of sp³-hybridized carbons (Fsp3) is 0.167. The van der Waals surface area contributed by atoms with Gasteiger partial charge in [0.25, 0.3) is 0 Å². The topological polar surface area (TPSA) is 68.5 Å². The summed E-state index contributed by atoms with van der Waals surface area (Å²) in [4.78, 5) is 4.25. The molecule has 0 aliphatic heterocycles. The van der Waals surface area contributed by atoms with Gasteiger partial charge in [0.2, 0.25) is 0 Å². The molecule has 0 aliphatic carbocycles. The SMILES string of the molecule is Cc1ccc(-n2cnnn2)cc1NCc1nccs1. The molecule has 2 heterocycles. The Balaban J connectivity index is 1.82. The molecule has 0 bridgehead atoms. The van der Waals surface area contributed by atoms with Gasteiger partial charge in [0, 0.05) is 17.3 Å². The molecular formula is C12H12N6S. The van der Waals surface area contributed by atoms with Gasteiger partial charge in [-0.2, -0.15) is 0 Å². The third kappa shape index (κ3) is 2.60. The number of hydrogen-bond donors (Lipinski definition) is 1. The number of anilines is 1. The number of tetrazole rings is 1. The zero-order valence-corrected chi connectivity index (χ0v) is 11.1. The first-order valence-electron chi connectivity index (χ1n) is 5.79. The first-order chi connectivity index (χ1) is 9.33. The molecule has 1 N–H and O–H groups in total. The Morgan fingerprint density at radius 1 is 1.37 bits per heavy atom. The number of nitrogens with zero attached hydrogens (tertiary/aromatic N) is 5. The van der Waals surface area contributed by atoms with E-state index in [9.17, 15) is 0 Å². The average molecular weight is 272 g/mol. The molecule has 0 saturated heterocycles. The van der Waals surface area contributed by atoms with Crippen molar-refractivity contribution in [1.82, 2.24) is 25.2 Å². The van der Waals surface area contributed by atoms with Crippen LogP contribution in [-0.4, -0.2) is 25.2 Å². The summed E-state index contributed by atoms with van der Waals surface area (Å²) in [7, 11) is 0. The van der Waals surface area contributed by atoms with Crippen LogP contribution in [0.3, 0.4) is 0 Å². The maximum Gasteiger partial charge on any atom is 0.143 e. The van der Waals surface area contributed by atoms with E-state index in [4.69, 9.17) is 0 Å². The zero-order valence-electron chi connectivity index (χ0n) is 10.3. The van der Waals surface area contributed by atoms with Crippen LogP contribution < -0.4 is 5.32 Å². The van der Waals surface area contributed by atoms with Crippen molar-refractivity contribution in [3.63, 3.8) is 0 Å². The van der Waals surface area contributed by atoms with Crippen LogP contribution in [-0.2, 0) is 6.54 Å². The highest BCUT2D eigenvalue weighted by Crippen LogP contribution is 2.20. The van der Waals surface area contributed by atoms with Crippen molar-refractivity contribution in [3.8, 4) is 5.69 Å². The van der Waals surface area contributed by atoms with E-state index in [0.717, 1.165) is 22.9 Å². The molecule has 0 unspecified atom stereocenters. The van der Waals surface area contributed by atoms with Crippen LogP contribution in [0, 0.1) is 6.92 Å². The van der Waals surface area contributed by atoms with E-state index in [1.165, 1.54) is 5.56 Å². The fourth-order valence-corrected chi connectivity index (χ4v) is 2.29. The Morgan fingerprint density at radius 3 is 3.05 bits per heavy atom. The summed E-state index contributed by atoms with van der Waals surface area (Å²) in [6.45, 7) is 2.78. The van der Waals surface area contributed by atoms with Gasteiger partial charge in [0.15, 0.2) is 0 Å². The maximum atomic E-state index is 4.25. The second kappa shape index (κ2) is 5.15. The van der Waals surface area contributed by atoms with Gasteiger partial charge >= 0.3 is 0 Å². The number of aromatic nitrogens is 5. The van der Waals surface area contributed by atoms with Crippen molar-refractivity contribution in [3.05, 3.63) is 46.7 Å². The molecule has 0 atom stereocenters. The average Bonchev–Trinajstić information content (AvgIpc) is 3.11. The normalized spacial score (nSPS) is 10.6. The summed E-state index contributed by atoms with van der Waals surface area (Å²) in [5.41, 5.74) is 3.16. The lowest BCUT2D eigenvalue weighted by molar-refractivity contribution is 0.789. The van der Waals surface area contributed by atoms with Gasteiger partial charge in [-0.15, -0.1) is 16.4 Å². The number of benzene rings is 1. The fourth-order valence-electron chi connectivity index (χ4n) is 1.73. The first-order valence-corrected chi connectivity index (χ1v) is 6.67. The van der Waals surface area contributed by atoms with Crippen molar-refractivity contribution in [2.24, 2.45) is 0 Å². The lowest BCUT2D eigenvalue weighted by Crippen LogP contribution is -2.03. The van der Waals surface area contributed by atoms with Crippen LogP contribution in [0.1, 0.15) is 10.6 Å². The Hall–Kier alpha value is -2.28. The van der Waals surface area contributed by atoms with Crippen LogP contribution in [0.4, 0.5) is 5.69 Å². The standard InChI is InChI=1S/C12H12N6S/c1-9-2-3-10(18-8-15-16-17-18)6-11(9)14-7-12-13-4-5-19-12/h2-6,8,14H,7H2,1H3. The molecule has 3 aromatic rings. The molecule has 0 fully saturated rings. The highest BCUT2D eigenvalue weighted by molar-refractivity contribution is 7.09. The minimum Gasteiger partial charge on any atom is -0.378 e. The number of aryl methyl sites for hydroxylation is 1. The zero-order chi connectivity index (χ0) is 13.1. The van der Waals surface area contributed by atoms with Gasteiger partial charge < -0.3 is 5.32 Å². The van der Waals surface area contributed by atoms with Crippen molar-refractivity contribution in [2.45, 2.75) is 13.5 Å². The summed E-state index contributed by atoms with van der Waals surface area (Å²) in [6, 6.07) is 6.06. The van der Waals surface area contributed by atoms with E-state index in [-0.39, 0.29) is 0 Å². The molecule has 96 valence electrons. The molecule has 0 spiro atoms. The second-order valence-corrected chi connectivity index (χ2v) is 5.01. The van der Waals surface area contributed by atoms with Crippen molar-refractivity contribution in [2.75, 3.05) is 5.32 Å². The summed E-state index contributed by atoms with van der Waals surface area (Å²) >= 11 is 1.64. The van der Waals surface area contributed by atoms with E-state index in [1.807, 2.05) is 29.8 Å². The highest BCUT2D eigenvalue weighted by Gasteiger charge is 2.04. The van der Waals surface area contributed by atoms with Gasteiger partial charge in [-0.1, -0.05) is 6.07 Å². The lowest BCUT2D eigenvalue weighted by Gasteiger charge is -2.10. The van der Waals surface area contributed by atoms with Crippen LogP contribution in [0.5, 0.6) is 0 Å². The van der Waals surface area contributed by atoms with Crippen molar-refractivity contribution >= 4 is 17.0 Å². The molecule has 3 rings (SSSR count). The molecule has 0 saturated carbocycles. The minimum atomic E-state index is 0.720. The Morgan fingerprint density at radius 2 is 2.32 bits per heavy atom. The van der Waals surface area contributed by atoms with E-state index in [0.29, 0.717) is 0 Å². The number of rotatable bonds is 4. The summed E-state index contributed by atoms with van der Waals surface area (Å²) in [5.74, 6) is 0. The predicted octanol–water partition coefficient (Wildman–Crippen LogP) is 2.04. The van der Waals surface area contributed by atoms with Gasteiger partial charge in [0.1, 0.15) is 11.3 Å². The van der Waals surface area contributed by atoms with Gasteiger partial charge in [-0.05, 0) is 35.0 Å². The third-order valence-corrected chi connectivity index (χ3v) is 3.53. The van der Waals surface area contributed by atoms with E-state index in [1.54, 1.807) is 22.3 Å². The summed E-state index contributed by atoms with van der Waals surface area (Å²) in [5, 5.41) is 17.6. The van der Waals surface area contributed by atoms with E-state index in [2.05, 4.69) is 32.7 Å². The third-order valence-electron chi connectivity index (χ3n) is 2.75. The summed E-state index contributed by atoms with van der Waals surface area (Å²) < 4.78 is 1.63. The van der Waals surface area contributed by atoms with Crippen LogP contribution in [0.25, 0.3) is 5.69 Å². The largest absolute Gasteiger partial charge is 0.378 e. The van der Waals surface area contributed by atoms with Gasteiger partial charge in [-0.3, -0.25) is 0 Å². The smallest absolute Gasteiger partial charge is 0.143 e. The molecule has 19 heavy (non-hydrogen) atoms.